The highest BCUT2D eigenvalue weighted by Crippen LogP contribution is 2.27. The number of rotatable bonds is 2. The van der Waals surface area contributed by atoms with Crippen LogP contribution in [-0.2, 0) is 0 Å². The van der Waals surface area contributed by atoms with Crippen LogP contribution in [0.5, 0.6) is 0 Å². The van der Waals surface area contributed by atoms with Gasteiger partial charge in [-0.1, -0.05) is 13.8 Å². The van der Waals surface area contributed by atoms with Crippen LogP contribution in [0.1, 0.15) is 49.4 Å². The molecular formula is C10H16N2S. The van der Waals surface area contributed by atoms with Crippen LogP contribution in [0.3, 0.4) is 0 Å². The molecule has 1 saturated heterocycles. The first-order valence-electron chi connectivity index (χ1n) is 4.96. The molecule has 72 valence electrons. The van der Waals surface area contributed by atoms with Crippen molar-refractivity contribution in [2.45, 2.75) is 38.6 Å². The van der Waals surface area contributed by atoms with E-state index in [0.717, 1.165) is 6.54 Å². The van der Waals surface area contributed by atoms with Gasteiger partial charge in [-0.3, -0.25) is 0 Å². The topological polar surface area (TPSA) is 24.9 Å². The average Bonchev–Trinajstić information content (AvgIpc) is 2.75. The van der Waals surface area contributed by atoms with Crippen LogP contribution in [0.2, 0.25) is 0 Å². The third-order valence-corrected chi connectivity index (χ3v) is 3.47. The van der Waals surface area contributed by atoms with E-state index in [4.69, 9.17) is 0 Å². The Labute approximate surface area is 83.4 Å². The third-order valence-electron chi connectivity index (χ3n) is 2.49. The highest BCUT2D eigenvalue weighted by atomic mass is 32.1. The highest BCUT2D eigenvalue weighted by Gasteiger charge is 2.19. The Kier molecular flexibility index (Phi) is 2.65. The number of hydrogen-bond acceptors (Lipinski definition) is 3. The van der Waals surface area contributed by atoms with Gasteiger partial charge < -0.3 is 5.32 Å². The van der Waals surface area contributed by atoms with Crippen molar-refractivity contribution in [2.24, 2.45) is 0 Å². The summed E-state index contributed by atoms with van der Waals surface area (Å²) in [6.07, 6.45) is 2.55. The molecule has 0 unspecified atom stereocenters. The molecule has 1 fully saturated rings. The van der Waals surface area contributed by atoms with Gasteiger partial charge >= 0.3 is 0 Å². The van der Waals surface area contributed by atoms with Crippen molar-refractivity contribution < 1.29 is 0 Å². The second-order valence-electron chi connectivity index (χ2n) is 3.91. The molecule has 0 aromatic carbocycles. The molecule has 0 radical (unpaired) electrons. The van der Waals surface area contributed by atoms with Crippen LogP contribution in [0, 0.1) is 0 Å². The SMILES string of the molecule is CC(C)c1csc([C@H]2CCCN2)n1. The van der Waals surface area contributed by atoms with Gasteiger partial charge in [-0.2, -0.15) is 0 Å². The molecule has 13 heavy (non-hydrogen) atoms. The molecule has 0 saturated carbocycles. The van der Waals surface area contributed by atoms with Crippen molar-refractivity contribution in [3.05, 3.63) is 16.1 Å². The zero-order valence-electron chi connectivity index (χ0n) is 8.21. The standard InChI is InChI=1S/C10H16N2S/c1-7(2)9-6-13-10(12-9)8-4-3-5-11-8/h6-8,11H,3-5H2,1-2H3/t8-/m1/s1. The zero-order chi connectivity index (χ0) is 9.26. The summed E-state index contributed by atoms with van der Waals surface area (Å²) in [6.45, 7) is 5.54. The molecule has 1 aliphatic rings. The minimum atomic E-state index is 0.539. The molecule has 0 spiro atoms. The molecule has 2 heterocycles. The van der Waals surface area contributed by atoms with Crippen LogP contribution in [-0.4, -0.2) is 11.5 Å². The van der Waals surface area contributed by atoms with Crippen LogP contribution in [0.25, 0.3) is 0 Å². The summed E-state index contributed by atoms with van der Waals surface area (Å²) in [5, 5.41) is 6.95. The van der Waals surface area contributed by atoms with Gasteiger partial charge in [0.25, 0.3) is 0 Å². The predicted molar refractivity (Wildman–Crippen MR) is 56.2 cm³/mol. The maximum absolute atomic E-state index is 4.65. The Morgan fingerprint density at radius 2 is 2.46 bits per heavy atom. The summed E-state index contributed by atoms with van der Waals surface area (Å²) in [5.74, 6) is 0.561. The number of nitrogens with zero attached hydrogens (tertiary/aromatic N) is 1. The van der Waals surface area contributed by atoms with Crippen molar-refractivity contribution in [3.8, 4) is 0 Å². The van der Waals surface area contributed by atoms with E-state index in [1.165, 1.54) is 23.5 Å². The number of aromatic nitrogens is 1. The lowest BCUT2D eigenvalue weighted by Crippen LogP contribution is -2.12. The normalized spacial score (nSPS) is 22.8. The van der Waals surface area contributed by atoms with Gasteiger partial charge in [0.05, 0.1) is 11.7 Å². The molecule has 1 aromatic heterocycles. The molecule has 2 rings (SSSR count). The molecule has 1 aliphatic heterocycles. The lowest BCUT2D eigenvalue weighted by molar-refractivity contribution is 0.637. The predicted octanol–water partition coefficient (Wildman–Crippen LogP) is 2.69. The van der Waals surface area contributed by atoms with Crippen molar-refractivity contribution in [3.63, 3.8) is 0 Å². The van der Waals surface area contributed by atoms with E-state index >= 15 is 0 Å². The van der Waals surface area contributed by atoms with Gasteiger partial charge in [-0.25, -0.2) is 4.98 Å². The molecular weight excluding hydrogens is 180 g/mol. The van der Waals surface area contributed by atoms with Crippen molar-refractivity contribution in [2.75, 3.05) is 6.54 Å². The van der Waals surface area contributed by atoms with E-state index in [0.29, 0.717) is 12.0 Å². The number of thiazole rings is 1. The van der Waals surface area contributed by atoms with Crippen molar-refractivity contribution >= 4 is 11.3 Å². The summed E-state index contributed by atoms with van der Waals surface area (Å²) >= 11 is 1.80. The Bertz CT molecular complexity index is 274. The van der Waals surface area contributed by atoms with E-state index in [9.17, 15) is 0 Å². The van der Waals surface area contributed by atoms with E-state index in [1.807, 2.05) is 0 Å². The van der Waals surface area contributed by atoms with Crippen LogP contribution < -0.4 is 5.32 Å². The summed E-state index contributed by atoms with van der Waals surface area (Å²) in [6, 6.07) is 0.539. The van der Waals surface area contributed by atoms with Crippen LogP contribution in [0.15, 0.2) is 5.38 Å². The molecule has 3 heteroatoms. The van der Waals surface area contributed by atoms with E-state index in [2.05, 4.69) is 29.5 Å². The van der Waals surface area contributed by atoms with E-state index < -0.39 is 0 Å². The Balaban J connectivity index is 2.12. The molecule has 0 aliphatic carbocycles. The van der Waals surface area contributed by atoms with Gasteiger partial charge in [-0.15, -0.1) is 11.3 Å². The smallest absolute Gasteiger partial charge is 0.110 e. The first-order chi connectivity index (χ1) is 6.27. The van der Waals surface area contributed by atoms with Crippen LogP contribution >= 0.6 is 11.3 Å². The minimum Gasteiger partial charge on any atom is -0.308 e. The van der Waals surface area contributed by atoms with Gasteiger partial charge in [-0.05, 0) is 25.3 Å². The summed E-state index contributed by atoms with van der Waals surface area (Å²) in [5.41, 5.74) is 1.24. The first-order valence-corrected chi connectivity index (χ1v) is 5.84. The number of hydrogen-bond donors (Lipinski definition) is 1. The molecule has 1 aromatic rings. The second-order valence-corrected chi connectivity index (χ2v) is 4.80. The highest BCUT2D eigenvalue weighted by molar-refractivity contribution is 7.09. The van der Waals surface area contributed by atoms with Crippen LogP contribution in [0.4, 0.5) is 0 Å². The number of nitrogens with one attached hydrogen (secondary N) is 1. The maximum atomic E-state index is 4.65. The first kappa shape index (κ1) is 9.16. The van der Waals surface area contributed by atoms with Crippen molar-refractivity contribution in [1.82, 2.24) is 10.3 Å². The lowest BCUT2D eigenvalue weighted by atomic mass is 10.1. The van der Waals surface area contributed by atoms with Gasteiger partial charge in [0.2, 0.25) is 0 Å². The Hall–Kier alpha value is -0.410. The maximum Gasteiger partial charge on any atom is 0.110 e. The van der Waals surface area contributed by atoms with Crippen molar-refractivity contribution in [1.29, 1.82) is 0 Å². The molecule has 0 bridgehead atoms. The van der Waals surface area contributed by atoms with Gasteiger partial charge in [0, 0.05) is 5.38 Å². The molecule has 2 nitrogen and oxygen atoms in total. The van der Waals surface area contributed by atoms with E-state index in [-0.39, 0.29) is 0 Å². The fourth-order valence-electron chi connectivity index (χ4n) is 1.62. The average molecular weight is 196 g/mol. The quantitative estimate of drug-likeness (QED) is 0.786. The Morgan fingerprint density at radius 1 is 1.62 bits per heavy atom. The molecule has 1 N–H and O–H groups in total. The lowest BCUT2D eigenvalue weighted by Gasteiger charge is -2.04. The minimum absolute atomic E-state index is 0.539. The fourth-order valence-corrected chi connectivity index (χ4v) is 2.71. The third kappa shape index (κ3) is 1.92. The zero-order valence-corrected chi connectivity index (χ0v) is 9.03. The summed E-state index contributed by atoms with van der Waals surface area (Å²) in [4.78, 5) is 4.65. The van der Waals surface area contributed by atoms with Gasteiger partial charge in [0.15, 0.2) is 0 Å². The summed E-state index contributed by atoms with van der Waals surface area (Å²) in [7, 11) is 0. The molecule has 1 atom stereocenters. The molecule has 0 amide bonds. The van der Waals surface area contributed by atoms with Gasteiger partial charge in [0.1, 0.15) is 5.01 Å². The monoisotopic (exact) mass is 196 g/mol. The Morgan fingerprint density at radius 3 is 3.00 bits per heavy atom. The fraction of sp³-hybridized carbons (Fsp3) is 0.700. The largest absolute Gasteiger partial charge is 0.308 e. The second kappa shape index (κ2) is 3.76. The summed E-state index contributed by atoms with van der Waals surface area (Å²) < 4.78 is 0. The van der Waals surface area contributed by atoms with E-state index in [1.54, 1.807) is 11.3 Å².